The Labute approximate surface area is 361 Å². The van der Waals surface area contributed by atoms with Gasteiger partial charge in [0.2, 0.25) is 23.6 Å². The molecular weight excluding hydrogens is 763 g/mol. The average Bonchev–Trinajstić information content (AvgIpc) is 3.18. The molecule has 0 heterocycles. The van der Waals surface area contributed by atoms with Crippen molar-refractivity contribution in [2.75, 3.05) is 14.0 Å². The van der Waals surface area contributed by atoms with Gasteiger partial charge < -0.3 is 35.2 Å². The molecule has 2 aromatic carbocycles. The number of rotatable bonds is 22. The van der Waals surface area contributed by atoms with Gasteiger partial charge in [0.1, 0.15) is 42.4 Å². The molecule has 0 spiro atoms. The molecule has 0 aromatic heterocycles. The van der Waals surface area contributed by atoms with Gasteiger partial charge in [0, 0.05) is 23.2 Å². The molecule has 0 saturated heterocycles. The minimum atomic E-state index is -1.29. The van der Waals surface area contributed by atoms with E-state index in [0.29, 0.717) is 5.56 Å². The number of likely N-dealkylation sites (N-methyl/N-ethyl adjacent to an activating group) is 2. The molecule has 334 valence electrons. The maximum Gasteiger partial charge on any atom is 0.408 e. The van der Waals surface area contributed by atoms with Crippen LogP contribution in [0.3, 0.4) is 0 Å². The van der Waals surface area contributed by atoms with Gasteiger partial charge in [-0.05, 0) is 81.3 Å². The van der Waals surface area contributed by atoms with E-state index in [1.165, 1.54) is 0 Å². The van der Waals surface area contributed by atoms with Crippen molar-refractivity contribution in [3.63, 3.8) is 0 Å². The molecule has 0 aliphatic heterocycles. The number of esters is 1. The monoisotopic (exact) mass is 838 g/mol. The molecule has 0 saturated carbocycles. The van der Waals surface area contributed by atoms with Crippen molar-refractivity contribution in [3.8, 4) is 0 Å². The number of hydrogen-bond acceptors (Lipinski definition) is 8. The van der Waals surface area contributed by atoms with Crippen LogP contribution in [-0.2, 0) is 46.5 Å². The average molecular weight is 838 g/mol. The predicted molar refractivity (Wildman–Crippen MR) is 234 cm³/mol. The van der Waals surface area contributed by atoms with E-state index in [1.807, 2.05) is 91.8 Å². The van der Waals surface area contributed by atoms with Gasteiger partial charge in [-0.25, -0.2) is 9.59 Å². The highest BCUT2D eigenvalue weighted by Crippen LogP contribution is 2.19. The fourth-order valence-corrected chi connectivity index (χ4v) is 6.60. The Morgan fingerprint density at radius 3 is 1.47 bits per heavy atom. The molecule has 2 aromatic rings. The number of benzene rings is 2. The molecule has 0 bridgehead atoms. The second kappa shape index (κ2) is 24.3. The Balaban J connectivity index is 2.53. The zero-order chi connectivity index (χ0) is 46.7. The first-order chi connectivity index (χ1) is 29.1. The first-order valence-electron chi connectivity index (χ1n) is 22.5. The predicted octanol–water partition coefficient (Wildman–Crippen LogP) is 6.67. The highest BCUT2D eigenvalue weighted by atomic mass is 16.6. The second-order valence-corrected chi connectivity index (χ2v) is 18.3. The summed E-state index contributed by atoms with van der Waals surface area (Å²) < 4.78 is 28.1. The third kappa shape index (κ3) is 18.1. The number of amides is 5. The molecule has 0 fully saturated rings. The molecule has 0 unspecified atom stereocenters. The van der Waals surface area contributed by atoms with Crippen LogP contribution in [0.25, 0.3) is 0 Å². The lowest BCUT2D eigenvalue weighted by Gasteiger charge is -2.35. The van der Waals surface area contributed by atoms with Crippen LogP contribution < -0.4 is 16.0 Å². The Morgan fingerprint density at radius 2 is 1.00 bits per heavy atom. The quantitative estimate of drug-likeness (QED) is 0.111. The molecule has 0 radical (unpaired) electrons. The number of hydrogen-bond donors (Lipinski definition) is 3. The fraction of sp³-hybridized carbons (Fsp3) is 0.617. The van der Waals surface area contributed by atoms with Crippen LogP contribution in [0, 0.1) is 23.7 Å². The van der Waals surface area contributed by atoms with Crippen molar-refractivity contribution in [1.29, 1.82) is 0 Å². The number of carbonyl (C=O) groups excluding carboxylic acids is 6. The molecule has 2 rings (SSSR count). The van der Waals surface area contributed by atoms with Crippen LogP contribution in [0.5, 0.6) is 0 Å². The molecule has 13 nitrogen and oxygen atoms in total. The molecular formula is C47H73N5O8. The highest BCUT2D eigenvalue weighted by Gasteiger charge is 2.38. The van der Waals surface area contributed by atoms with Crippen molar-refractivity contribution in [2.45, 2.75) is 151 Å². The van der Waals surface area contributed by atoms with Gasteiger partial charge in [0.25, 0.3) is 0 Å². The zero-order valence-electron chi connectivity index (χ0n) is 39.8. The largest absolute Gasteiger partial charge is 0.459 e. The van der Waals surface area contributed by atoms with Crippen molar-refractivity contribution < 1.29 is 41.0 Å². The smallest absolute Gasteiger partial charge is 0.408 e. The van der Waals surface area contributed by atoms with Crippen LogP contribution in [0.2, 0.25) is 0 Å². The van der Waals surface area contributed by atoms with Crippen LogP contribution in [0.1, 0.15) is 116 Å². The summed E-state index contributed by atoms with van der Waals surface area (Å²) in [6.07, 6.45) is -0.0765. The van der Waals surface area contributed by atoms with E-state index in [2.05, 4.69) is 16.0 Å². The molecule has 60 heavy (non-hydrogen) atoms. The van der Waals surface area contributed by atoms with E-state index in [1.54, 1.807) is 45.0 Å². The van der Waals surface area contributed by atoms with Gasteiger partial charge in [-0.1, -0.05) is 116 Å². The van der Waals surface area contributed by atoms with Crippen LogP contribution in [-0.4, -0.2) is 95.3 Å². The minimum absolute atomic E-state index is 0.000382. The maximum atomic E-state index is 14.7. The van der Waals surface area contributed by atoms with Crippen molar-refractivity contribution in [2.24, 2.45) is 23.7 Å². The molecule has 13 heteroatoms. The molecule has 0 aliphatic carbocycles. The summed E-state index contributed by atoms with van der Waals surface area (Å²) in [5.41, 5.74) is 0.627. The normalized spacial score (nSPS) is 14.6. The summed E-state index contributed by atoms with van der Waals surface area (Å²) in [6.45, 7) is 20.2. The Hall–Kier alpha value is -4.94. The molecule has 3 N–H and O–H groups in total. The molecule has 5 amide bonds. The fourth-order valence-electron chi connectivity index (χ4n) is 6.60. The van der Waals surface area contributed by atoms with Gasteiger partial charge >= 0.3 is 12.1 Å². The Morgan fingerprint density at radius 1 is 0.583 bits per heavy atom. The van der Waals surface area contributed by atoms with Gasteiger partial charge in [0.15, 0.2) is 0 Å². The van der Waals surface area contributed by atoms with Crippen LogP contribution in [0.15, 0.2) is 60.7 Å². The van der Waals surface area contributed by atoms with Gasteiger partial charge in [-0.3, -0.25) is 19.2 Å². The van der Waals surface area contributed by atoms with E-state index in [9.17, 15) is 28.8 Å². The van der Waals surface area contributed by atoms with Crippen LogP contribution in [0.4, 0.5) is 4.79 Å². The summed E-state index contributed by atoms with van der Waals surface area (Å²) in [5, 5.41) is 8.34. The highest BCUT2D eigenvalue weighted by molar-refractivity contribution is 5.96. The van der Waals surface area contributed by atoms with Crippen LogP contribution >= 0.6 is 0 Å². The Bertz CT molecular complexity index is 1720. The maximum absolute atomic E-state index is 14.7. The van der Waals surface area contributed by atoms with Crippen molar-refractivity contribution in [3.05, 3.63) is 71.8 Å². The molecule has 0 aliphatic rings. The summed E-state index contributed by atoms with van der Waals surface area (Å²) >= 11 is 0. The Kier molecular flexibility index (Phi) is 19.4. The van der Waals surface area contributed by atoms with Gasteiger partial charge in [0.05, 0.1) is 0 Å². The minimum Gasteiger partial charge on any atom is -0.459 e. The van der Waals surface area contributed by atoms with E-state index < -0.39 is 85.5 Å². The van der Waals surface area contributed by atoms with E-state index in [-0.39, 0.29) is 62.4 Å². The number of nitrogens with zero attached hydrogens (tertiary/aromatic N) is 2. The summed E-state index contributed by atoms with van der Waals surface area (Å²) in [7, 11) is -1.27. The lowest BCUT2D eigenvalue weighted by Crippen LogP contribution is -2.60. The van der Waals surface area contributed by atoms with Crippen molar-refractivity contribution >= 4 is 35.7 Å². The van der Waals surface area contributed by atoms with E-state index in [0.717, 1.165) is 15.4 Å². The number of alkyl carbamates (subject to hydrolysis) is 1. The number of ether oxygens (including phenoxy) is 2. The first kappa shape index (κ1) is 47.7. The lowest BCUT2D eigenvalue weighted by atomic mass is 9.97. The third-order valence-electron chi connectivity index (χ3n) is 9.44. The first-order valence-corrected chi connectivity index (χ1v) is 21.1. The summed E-state index contributed by atoms with van der Waals surface area (Å²) in [4.78, 5) is 86.5. The van der Waals surface area contributed by atoms with E-state index in [4.69, 9.17) is 12.2 Å². The zero-order valence-corrected chi connectivity index (χ0v) is 37.8. The third-order valence-corrected chi connectivity index (χ3v) is 9.44. The standard InChI is InChI=1S/C47H73N5O8/c1-30(2)24-36(43(55)51(12)39(27-33(7)8)41(53)49-38(26-32(5)6)45(57)59-29-35-22-18-15-19-23-35)48-42(54)40(28-34-20-16-14-17-21-34)52(13)44(56)37(25-31(3)4)50-46(58)60-47(9,10)11/h14-23,30-33,36-40H,24-29H2,1-13H3,(H,48,54)(H,49,53)(H,50,58)/t36-,37+,38-,39+,40+/m1/s1/i12D,13D. The topological polar surface area (TPSA) is 163 Å². The summed E-state index contributed by atoms with van der Waals surface area (Å²) in [6, 6.07) is 12.3. The summed E-state index contributed by atoms with van der Waals surface area (Å²) in [5.74, 6) is -3.63. The number of nitrogens with one attached hydrogen (secondary N) is 3. The van der Waals surface area contributed by atoms with Crippen molar-refractivity contribution in [1.82, 2.24) is 25.8 Å². The van der Waals surface area contributed by atoms with Gasteiger partial charge in [-0.2, -0.15) is 0 Å². The van der Waals surface area contributed by atoms with Gasteiger partial charge in [-0.15, -0.1) is 0 Å². The molecule has 5 atom stereocenters. The lowest BCUT2D eigenvalue weighted by molar-refractivity contribution is -0.151. The second-order valence-electron chi connectivity index (χ2n) is 18.3. The SMILES string of the molecule is [2H]CN(C(=O)[C@H](CC(C)C)NC(=O)OC(C)(C)C)[C@@H](Cc1ccccc1)C(=O)N[C@H](CC(C)C)C(=O)N(C[2H])[C@@H](CC(C)C)C(=O)N[C@H](CC(C)C)C(=O)OCc1ccccc1. The van der Waals surface area contributed by atoms with E-state index >= 15 is 0 Å². The number of carbonyl (C=O) groups is 6.